The van der Waals surface area contributed by atoms with Crippen LogP contribution in [-0.2, 0) is 21.1 Å². The molecule has 2 aromatic carbocycles. The molecule has 0 aliphatic heterocycles. The van der Waals surface area contributed by atoms with Gasteiger partial charge in [-0.05, 0) is 49.1 Å². The molecule has 1 unspecified atom stereocenters. The number of hydrogen-bond acceptors (Lipinski definition) is 7. The van der Waals surface area contributed by atoms with E-state index in [1.165, 1.54) is 18.2 Å². The fourth-order valence-electron chi connectivity index (χ4n) is 2.37. The van der Waals surface area contributed by atoms with Crippen LogP contribution in [0.2, 0.25) is 0 Å². The van der Waals surface area contributed by atoms with Crippen molar-refractivity contribution in [2.24, 2.45) is 0 Å². The summed E-state index contributed by atoms with van der Waals surface area (Å²) in [4.78, 5) is 19.4. The second-order valence-corrected chi connectivity index (χ2v) is 9.19. The molecule has 1 atom stereocenters. The van der Waals surface area contributed by atoms with E-state index in [1.54, 1.807) is 30.3 Å². The normalized spacial score (nSPS) is 12.0. The topological polar surface area (TPSA) is 130 Å². The first-order chi connectivity index (χ1) is 12.1. The Kier molecular flexibility index (Phi) is 18.8. The molecule has 0 aliphatic carbocycles. The van der Waals surface area contributed by atoms with Crippen molar-refractivity contribution in [2.45, 2.75) is 24.3 Å². The van der Waals surface area contributed by atoms with Crippen molar-refractivity contribution in [3.63, 3.8) is 0 Å². The Labute approximate surface area is 297 Å². The summed E-state index contributed by atoms with van der Waals surface area (Å²) in [5, 5.41) is 0. The van der Waals surface area contributed by atoms with E-state index in [4.69, 9.17) is 4.74 Å². The Balaban J connectivity index is 0. The zero-order chi connectivity index (χ0) is 19.4. The van der Waals surface area contributed by atoms with Gasteiger partial charge in [-0.3, -0.25) is 0 Å². The molecule has 0 amide bonds. The van der Waals surface area contributed by atoms with E-state index in [0.717, 1.165) is 0 Å². The number of aryl methyl sites for hydroxylation is 1. The standard InChI is InChI=1S/C16H18FO7PS.3K/c17-13-6-3-8-15(11-13)24-14-7-1-4-12(10-14)5-2-9-16(25(18,19)20)26(21,22)23;;;/h1,3-4,6-8,10-11,16H,2,5,9H2,(H2,18,19,20)(H,21,22,23);;;/q;3*+1/p-3. The van der Waals surface area contributed by atoms with Gasteiger partial charge in [0, 0.05) is 6.07 Å². The molecule has 0 aromatic heterocycles. The molecular weight excluding hydrogens is 504 g/mol. The van der Waals surface area contributed by atoms with Crippen molar-refractivity contribution in [3.8, 4) is 11.5 Å². The zero-order valence-electron chi connectivity index (χ0n) is 16.4. The Hall–Kier alpha value is 3.14. The zero-order valence-corrected chi connectivity index (χ0v) is 27.5. The number of hydrogen-bond donors (Lipinski definition) is 0. The molecule has 0 bridgehead atoms. The summed E-state index contributed by atoms with van der Waals surface area (Å²) in [7, 11) is -10.8. The Morgan fingerprint density at radius 1 is 1.00 bits per heavy atom. The number of rotatable bonds is 8. The van der Waals surface area contributed by atoms with E-state index in [9.17, 15) is 31.7 Å². The van der Waals surface area contributed by atoms with Crippen molar-refractivity contribution in [1.82, 2.24) is 0 Å². The monoisotopic (exact) mass is 518 g/mol. The van der Waals surface area contributed by atoms with Gasteiger partial charge in [-0.15, -0.1) is 0 Å². The average Bonchev–Trinajstić information content (AvgIpc) is 2.49. The SMILES string of the molecule is O=P([O-])([O-])C(CCCc1cccc(Oc2cccc(F)c2)c1)S(=O)(=O)[O-].[K+].[K+].[K+]. The van der Waals surface area contributed by atoms with Crippen molar-refractivity contribution in [1.29, 1.82) is 0 Å². The van der Waals surface area contributed by atoms with Gasteiger partial charge in [0.25, 0.3) is 0 Å². The van der Waals surface area contributed by atoms with Crippen molar-refractivity contribution >= 4 is 17.7 Å². The first-order valence-corrected chi connectivity index (χ1v) is 10.6. The van der Waals surface area contributed by atoms with Gasteiger partial charge in [-0.2, -0.15) is 0 Å². The largest absolute Gasteiger partial charge is 1.00 e. The maximum atomic E-state index is 13.2. The minimum Gasteiger partial charge on any atom is -0.810 e. The molecule has 0 fully saturated rings. The van der Waals surface area contributed by atoms with Crippen LogP contribution < -0.4 is 169 Å². The second kappa shape index (κ2) is 15.9. The molecule has 29 heavy (non-hydrogen) atoms. The van der Waals surface area contributed by atoms with Crippen LogP contribution in [0.5, 0.6) is 11.5 Å². The number of ether oxygens (including phenoxy) is 1. The van der Waals surface area contributed by atoms with Crippen molar-refractivity contribution in [3.05, 3.63) is 59.9 Å². The molecule has 2 aromatic rings. The van der Waals surface area contributed by atoms with E-state index in [0.29, 0.717) is 17.1 Å². The van der Waals surface area contributed by atoms with Crippen molar-refractivity contribution < 1.29 is 191 Å². The van der Waals surface area contributed by atoms with Gasteiger partial charge in [-0.25, -0.2) is 12.8 Å². The Bertz CT molecular complexity index is 924. The summed E-state index contributed by atoms with van der Waals surface area (Å²) in [6.07, 6.45) is -0.346. The van der Waals surface area contributed by atoms with Gasteiger partial charge in [0.05, 0.1) is 4.99 Å². The Morgan fingerprint density at radius 2 is 1.55 bits per heavy atom. The van der Waals surface area contributed by atoms with Crippen LogP contribution in [0.4, 0.5) is 4.39 Å². The minimum atomic E-state index is -5.54. The summed E-state index contributed by atoms with van der Waals surface area (Å²) < 4.78 is 62.4. The summed E-state index contributed by atoms with van der Waals surface area (Å²) in [5.41, 5.74) is 0.674. The van der Waals surface area contributed by atoms with E-state index in [1.807, 2.05) is 0 Å². The molecule has 0 radical (unpaired) electrons. The van der Waals surface area contributed by atoms with Gasteiger partial charge in [0.2, 0.25) is 0 Å². The van der Waals surface area contributed by atoms with Crippen molar-refractivity contribution in [2.75, 3.05) is 0 Å². The van der Waals surface area contributed by atoms with Crippen LogP contribution in [-0.4, -0.2) is 18.0 Å². The molecule has 0 spiro atoms. The molecular formula is C16H15FK3O7PS. The molecule has 0 aliphatic rings. The van der Waals surface area contributed by atoms with Crippen LogP contribution in [0.1, 0.15) is 18.4 Å². The third kappa shape index (κ3) is 13.0. The van der Waals surface area contributed by atoms with E-state index >= 15 is 0 Å². The van der Waals surface area contributed by atoms with E-state index < -0.39 is 34.9 Å². The fraction of sp³-hybridized carbons (Fsp3) is 0.250. The first kappa shape index (κ1) is 34.3. The molecule has 13 heteroatoms. The predicted octanol–water partition coefficient (Wildman–Crippen LogP) is -7.26. The van der Waals surface area contributed by atoms with Crippen LogP contribution in [0.25, 0.3) is 0 Å². The van der Waals surface area contributed by atoms with Gasteiger partial charge in [0.1, 0.15) is 27.4 Å². The first-order valence-electron chi connectivity index (χ1n) is 7.54. The summed E-state index contributed by atoms with van der Waals surface area (Å²) in [6.45, 7) is 0. The predicted molar refractivity (Wildman–Crippen MR) is 86.9 cm³/mol. The molecule has 0 N–H and O–H groups in total. The van der Waals surface area contributed by atoms with Crippen LogP contribution >= 0.6 is 7.60 Å². The summed E-state index contributed by atoms with van der Waals surface area (Å²) >= 11 is 0. The number of benzene rings is 2. The molecule has 0 heterocycles. The van der Waals surface area contributed by atoms with E-state index in [2.05, 4.69) is 0 Å². The molecule has 142 valence electrons. The maximum absolute atomic E-state index is 13.2. The van der Waals surface area contributed by atoms with Crippen LogP contribution in [0.3, 0.4) is 0 Å². The third-order valence-corrected chi connectivity index (χ3v) is 6.95. The van der Waals surface area contributed by atoms with Gasteiger partial charge in [-0.1, -0.05) is 25.8 Å². The van der Waals surface area contributed by atoms with E-state index in [-0.39, 0.29) is 167 Å². The third-order valence-electron chi connectivity index (χ3n) is 3.53. The molecule has 2 rings (SSSR count). The smallest absolute Gasteiger partial charge is 0.810 e. The van der Waals surface area contributed by atoms with Gasteiger partial charge in [0.15, 0.2) is 0 Å². The van der Waals surface area contributed by atoms with Gasteiger partial charge >= 0.3 is 154 Å². The van der Waals surface area contributed by atoms with Crippen LogP contribution in [0, 0.1) is 5.82 Å². The fourth-order valence-corrected chi connectivity index (χ4v) is 4.59. The molecule has 0 saturated carbocycles. The molecule has 0 saturated heterocycles. The van der Waals surface area contributed by atoms with Gasteiger partial charge < -0.3 is 23.6 Å². The van der Waals surface area contributed by atoms with Crippen LogP contribution in [0.15, 0.2) is 48.5 Å². The maximum Gasteiger partial charge on any atom is 1.00 e. The molecule has 7 nitrogen and oxygen atoms in total. The quantitative estimate of drug-likeness (QED) is 0.193. The minimum absolute atomic E-state index is 0. The summed E-state index contributed by atoms with van der Waals surface area (Å²) in [5.74, 6) is 0.237. The Morgan fingerprint density at radius 3 is 2.07 bits per heavy atom. The second-order valence-electron chi connectivity index (χ2n) is 5.59. The average molecular weight is 519 g/mol. The number of halogens is 1. The summed E-state index contributed by atoms with van der Waals surface area (Å²) in [6, 6.07) is 12.1.